The average Bonchev–Trinajstić information content (AvgIpc) is 2.29. The van der Waals surface area contributed by atoms with E-state index in [0.717, 1.165) is 0 Å². The molecule has 6 heteroatoms. The molecule has 1 rings (SSSR count). The van der Waals surface area contributed by atoms with Crippen molar-refractivity contribution in [3.8, 4) is 0 Å². The summed E-state index contributed by atoms with van der Waals surface area (Å²) in [5.74, 6) is -0.382. The first kappa shape index (κ1) is 15.3. The fraction of sp³-hybridized carbons (Fsp3) is 0.385. The van der Waals surface area contributed by atoms with Crippen LogP contribution in [-0.2, 0) is 9.53 Å². The van der Waals surface area contributed by atoms with Crippen LogP contribution in [0, 0.1) is 0 Å². The van der Waals surface area contributed by atoms with Gasteiger partial charge in [0.2, 0.25) is 5.91 Å². The number of benzene rings is 1. The number of carbonyl (C=O) groups excluding carboxylic acids is 2. The summed E-state index contributed by atoms with van der Waals surface area (Å²) in [6.45, 7) is 5.37. The number of halogens is 1. The van der Waals surface area contributed by atoms with E-state index in [1.807, 2.05) is 0 Å². The van der Waals surface area contributed by atoms with Crippen molar-refractivity contribution < 1.29 is 14.3 Å². The second-order valence-electron chi connectivity index (χ2n) is 4.89. The molecule has 0 saturated heterocycles. The maximum absolute atomic E-state index is 11.5. The van der Waals surface area contributed by atoms with Gasteiger partial charge in [0.15, 0.2) is 0 Å². The number of amides is 2. The van der Waals surface area contributed by atoms with Crippen LogP contribution in [0.25, 0.3) is 0 Å². The Labute approximate surface area is 117 Å². The topological polar surface area (TPSA) is 67.4 Å². The number of carbonyl (C=O) groups is 2. The molecule has 0 aliphatic rings. The Balaban J connectivity index is 2.57. The lowest BCUT2D eigenvalue weighted by Gasteiger charge is -2.19. The van der Waals surface area contributed by atoms with Gasteiger partial charge in [-0.3, -0.25) is 10.1 Å². The van der Waals surface area contributed by atoms with Crippen LogP contribution in [0.3, 0.4) is 0 Å². The van der Waals surface area contributed by atoms with Gasteiger partial charge in [-0.25, -0.2) is 4.79 Å². The molecule has 1 aromatic rings. The summed E-state index contributed by atoms with van der Waals surface area (Å²) in [7, 11) is 0. The van der Waals surface area contributed by atoms with Gasteiger partial charge < -0.3 is 10.1 Å². The highest BCUT2D eigenvalue weighted by Gasteiger charge is 2.16. The van der Waals surface area contributed by atoms with E-state index in [4.69, 9.17) is 16.3 Å². The third kappa shape index (κ3) is 6.10. The molecule has 2 N–H and O–H groups in total. The molecule has 0 aliphatic carbocycles. The van der Waals surface area contributed by atoms with Crippen LogP contribution in [0.2, 0.25) is 0 Å². The molecule has 2 amide bonds. The van der Waals surface area contributed by atoms with Crippen molar-refractivity contribution in [2.75, 3.05) is 16.5 Å². The van der Waals surface area contributed by atoms with Crippen molar-refractivity contribution in [2.24, 2.45) is 0 Å². The highest BCUT2D eigenvalue weighted by Crippen LogP contribution is 2.15. The van der Waals surface area contributed by atoms with Gasteiger partial charge in [0.25, 0.3) is 0 Å². The number of nitrogens with one attached hydrogen (secondary N) is 2. The molecule has 0 spiro atoms. The third-order valence-electron chi connectivity index (χ3n) is 1.94. The Bertz CT molecular complexity index is 452. The van der Waals surface area contributed by atoms with Crippen LogP contribution >= 0.6 is 11.6 Å². The highest BCUT2D eigenvalue weighted by atomic mass is 35.5. The molecule has 0 saturated carbocycles. The first-order valence-electron chi connectivity index (χ1n) is 5.76. The van der Waals surface area contributed by atoms with Gasteiger partial charge >= 0.3 is 6.09 Å². The number of hydrogen-bond donors (Lipinski definition) is 2. The number of alkyl halides is 1. The average molecular weight is 285 g/mol. The van der Waals surface area contributed by atoms with Gasteiger partial charge in [-0.1, -0.05) is 0 Å². The molecule has 0 bridgehead atoms. The first-order chi connectivity index (χ1) is 8.80. The lowest BCUT2D eigenvalue weighted by molar-refractivity contribution is -0.113. The van der Waals surface area contributed by atoms with Gasteiger partial charge in [-0.05, 0) is 45.0 Å². The second-order valence-corrected chi connectivity index (χ2v) is 5.15. The monoisotopic (exact) mass is 284 g/mol. The second kappa shape index (κ2) is 6.43. The lowest BCUT2D eigenvalue weighted by Crippen LogP contribution is -2.27. The predicted octanol–water partition coefficient (Wildman–Crippen LogP) is 3.21. The quantitative estimate of drug-likeness (QED) is 0.838. The molecule has 19 heavy (non-hydrogen) atoms. The van der Waals surface area contributed by atoms with Crippen molar-refractivity contribution in [1.82, 2.24) is 0 Å². The summed E-state index contributed by atoms with van der Waals surface area (Å²) >= 11 is 5.38. The molecule has 104 valence electrons. The fourth-order valence-electron chi connectivity index (χ4n) is 1.25. The molecule has 0 heterocycles. The summed E-state index contributed by atoms with van der Waals surface area (Å²) in [4.78, 5) is 22.6. The van der Waals surface area contributed by atoms with E-state index in [0.29, 0.717) is 11.4 Å². The van der Waals surface area contributed by atoms with Crippen molar-refractivity contribution in [3.63, 3.8) is 0 Å². The third-order valence-corrected chi connectivity index (χ3v) is 2.18. The molecular formula is C13H17ClN2O3. The van der Waals surface area contributed by atoms with Crippen LogP contribution < -0.4 is 10.6 Å². The molecular weight excluding hydrogens is 268 g/mol. The summed E-state index contributed by atoms with van der Waals surface area (Å²) in [5, 5.41) is 5.19. The zero-order valence-corrected chi connectivity index (χ0v) is 11.9. The van der Waals surface area contributed by atoms with Gasteiger partial charge in [-0.2, -0.15) is 0 Å². The Kier molecular flexibility index (Phi) is 5.18. The minimum Gasteiger partial charge on any atom is -0.444 e. The predicted molar refractivity (Wildman–Crippen MR) is 75.6 cm³/mol. The normalized spacial score (nSPS) is 10.7. The van der Waals surface area contributed by atoms with Gasteiger partial charge in [-0.15, -0.1) is 11.6 Å². The molecule has 0 aromatic heterocycles. The van der Waals surface area contributed by atoms with Crippen molar-refractivity contribution in [3.05, 3.63) is 24.3 Å². The molecule has 0 unspecified atom stereocenters. The number of anilines is 2. The standard InChI is InChI=1S/C13H17ClN2O3/c1-13(2,3)19-12(18)16-10-6-4-9(5-7-10)15-11(17)8-14/h4-7H,8H2,1-3H3,(H,15,17)(H,16,18). The van der Waals surface area contributed by atoms with Crippen LogP contribution in [0.15, 0.2) is 24.3 Å². The zero-order valence-electron chi connectivity index (χ0n) is 11.1. The summed E-state index contributed by atoms with van der Waals surface area (Å²) in [6, 6.07) is 6.65. The van der Waals surface area contributed by atoms with Crippen LogP contribution in [-0.4, -0.2) is 23.5 Å². The van der Waals surface area contributed by atoms with E-state index >= 15 is 0 Å². The smallest absolute Gasteiger partial charge is 0.412 e. The molecule has 1 aromatic carbocycles. The van der Waals surface area contributed by atoms with Crippen LogP contribution in [0.5, 0.6) is 0 Å². The Morgan fingerprint density at radius 1 is 1.11 bits per heavy atom. The number of rotatable bonds is 3. The highest BCUT2D eigenvalue weighted by molar-refractivity contribution is 6.29. The van der Waals surface area contributed by atoms with E-state index in [-0.39, 0.29) is 11.8 Å². The van der Waals surface area contributed by atoms with E-state index < -0.39 is 11.7 Å². The fourth-order valence-corrected chi connectivity index (χ4v) is 1.32. The molecule has 0 radical (unpaired) electrons. The van der Waals surface area contributed by atoms with Crippen LogP contribution in [0.1, 0.15) is 20.8 Å². The Hall–Kier alpha value is -1.75. The van der Waals surface area contributed by atoms with E-state index in [1.165, 1.54) is 0 Å². The number of hydrogen-bond acceptors (Lipinski definition) is 3. The largest absolute Gasteiger partial charge is 0.444 e. The summed E-state index contributed by atoms with van der Waals surface area (Å²) in [5.41, 5.74) is 0.650. The van der Waals surface area contributed by atoms with E-state index in [9.17, 15) is 9.59 Å². The Morgan fingerprint density at radius 3 is 2.00 bits per heavy atom. The zero-order chi connectivity index (χ0) is 14.5. The van der Waals surface area contributed by atoms with Crippen molar-refractivity contribution >= 4 is 35.0 Å². The molecule has 0 atom stereocenters. The van der Waals surface area contributed by atoms with Crippen molar-refractivity contribution in [2.45, 2.75) is 26.4 Å². The first-order valence-corrected chi connectivity index (χ1v) is 6.29. The van der Waals surface area contributed by atoms with Crippen LogP contribution in [0.4, 0.5) is 16.2 Å². The minimum absolute atomic E-state index is 0.0993. The van der Waals surface area contributed by atoms with Crippen molar-refractivity contribution in [1.29, 1.82) is 0 Å². The van der Waals surface area contributed by atoms with E-state index in [2.05, 4.69) is 10.6 Å². The van der Waals surface area contributed by atoms with Gasteiger partial charge in [0, 0.05) is 11.4 Å². The Morgan fingerprint density at radius 2 is 1.58 bits per heavy atom. The summed E-state index contributed by atoms with van der Waals surface area (Å²) < 4.78 is 5.12. The molecule has 5 nitrogen and oxygen atoms in total. The van der Waals surface area contributed by atoms with Gasteiger partial charge in [0.1, 0.15) is 11.5 Å². The molecule has 0 fully saturated rings. The van der Waals surface area contributed by atoms with Gasteiger partial charge in [0.05, 0.1) is 0 Å². The maximum atomic E-state index is 11.5. The SMILES string of the molecule is CC(C)(C)OC(=O)Nc1ccc(NC(=O)CCl)cc1. The molecule has 0 aliphatic heterocycles. The number of ether oxygens (including phenoxy) is 1. The maximum Gasteiger partial charge on any atom is 0.412 e. The summed E-state index contributed by atoms with van der Waals surface area (Å²) in [6.07, 6.45) is -0.523. The minimum atomic E-state index is -0.543. The van der Waals surface area contributed by atoms with E-state index in [1.54, 1.807) is 45.0 Å². The lowest BCUT2D eigenvalue weighted by atomic mass is 10.2.